The number of carbonyl (C=O) groups excluding carboxylic acids is 1. The summed E-state index contributed by atoms with van der Waals surface area (Å²) >= 11 is 0. The number of amides is 1. The molecule has 2 aliphatic rings. The molecule has 19 heavy (non-hydrogen) atoms. The summed E-state index contributed by atoms with van der Waals surface area (Å²) in [5.74, 6) is 0.940. The Hall–Kier alpha value is -0.610. The summed E-state index contributed by atoms with van der Waals surface area (Å²) in [6, 6.07) is 0.220. The molecule has 0 radical (unpaired) electrons. The lowest BCUT2D eigenvalue weighted by Crippen LogP contribution is -2.44. The Morgan fingerprint density at radius 1 is 1.32 bits per heavy atom. The van der Waals surface area contributed by atoms with Gasteiger partial charge in [0.25, 0.3) is 0 Å². The third kappa shape index (κ3) is 3.93. The van der Waals surface area contributed by atoms with Crippen molar-refractivity contribution < 1.29 is 4.79 Å². The van der Waals surface area contributed by atoms with Gasteiger partial charge in [0.05, 0.1) is 0 Å². The van der Waals surface area contributed by atoms with Gasteiger partial charge in [-0.3, -0.25) is 4.79 Å². The van der Waals surface area contributed by atoms with E-state index in [9.17, 15) is 4.79 Å². The van der Waals surface area contributed by atoms with E-state index in [1.54, 1.807) is 0 Å². The van der Waals surface area contributed by atoms with Gasteiger partial charge in [0.15, 0.2) is 0 Å². The Bertz CT molecular complexity index is 302. The van der Waals surface area contributed by atoms with Gasteiger partial charge in [-0.05, 0) is 51.1 Å². The molecule has 110 valence electrons. The Labute approximate surface area is 117 Å². The maximum atomic E-state index is 12.5. The quantitative estimate of drug-likeness (QED) is 0.835. The predicted octanol–water partition coefficient (Wildman–Crippen LogP) is 1.30. The molecule has 2 fully saturated rings. The fourth-order valence-electron chi connectivity index (χ4n) is 3.39. The molecule has 1 saturated heterocycles. The Balaban J connectivity index is 1.79. The summed E-state index contributed by atoms with van der Waals surface area (Å²) in [5.41, 5.74) is 6.02. The maximum Gasteiger partial charge on any atom is 0.225 e. The zero-order valence-electron chi connectivity index (χ0n) is 12.5. The number of carbonyl (C=O) groups is 1. The number of rotatable bonds is 4. The topological polar surface area (TPSA) is 49.6 Å². The summed E-state index contributed by atoms with van der Waals surface area (Å²) in [6.07, 6.45) is 5.66. The molecule has 3 atom stereocenters. The first-order chi connectivity index (χ1) is 9.08. The van der Waals surface area contributed by atoms with Crippen LogP contribution in [0.4, 0.5) is 0 Å². The van der Waals surface area contributed by atoms with E-state index >= 15 is 0 Å². The van der Waals surface area contributed by atoms with E-state index in [0.717, 1.165) is 32.4 Å². The molecular weight excluding hydrogens is 238 g/mol. The molecular formula is C15H29N3O. The molecule has 0 aromatic carbocycles. The normalized spacial score (nSPS) is 32.5. The van der Waals surface area contributed by atoms with Crippen LogP contribution >= 0.6 is 0 Å². The van der Waals surface area contributed by atoms with Gasteiger partial charge < -0.3 is 15.5 Å². The molecule has 0 aromatic rings. The van der Waals surface area contributed by atoms with Crippen LogP contribution in [-0.4, -0.2) is 55.0 Å². The first-order valence-electron chi connectivity index (χ1n) is 7.81. The minimum Gasteiger partial charge on any atom is -0.344 e. The Morgan fingerprint density at radius 3 is 2.68 bits per heavy atom. The number of likely N-dealkylation sites (N-methyl/N-ethyl adjacent to an activating group) is 1. The van der Waals surface area contributed by atoms with Crippen LogP contribution in [0.1, 0.15) is 39.0 Å². The van der Waals surface area contributed by atoms with Crippen LogP contribution in [0.15, 0.2) is 0 Å². The minimum atomic E-state index is 0.146. The van der Waals surface area contributed by atoms with Crippen molar-refractivity contribution in [2.75, 3.05) is 33.2 Å². The van der Waals surface area contributed by atoms with E-state index in [1.165, 1.54) is 25.9 Å². The van der Waals surface area contributed by atoms with Crippen LogP contribution in [0.2, 0.25) is 0 Å². The molecule has 1 amide bonds. The molecule has 1 saturated carbocycles. The predicted molar refractivity (Wildman–Crippen MR) is 77.8 cm³/mol. The average Bonchev–Trinajstić information content (AvgIpc) is 2.91. The van der Waals surface area contributed by atoms with Crippen LogP contribution in [0.5, 0.6) is 0 Å². The Kier molecular flexibility index (Phi) is 5.22. The highest BCUT2D eigenvalue weighted by atomic mass is 16.2. The zero-order valence-corrected chi connectivity index (χ0v) is 12.5. The van der Waals surface area contributed by atoms with Crippen molar-refractivity contribution >= 4 is 5.91 Å². The SMILES string of the molecule is CC1CCC(N)CC1C(=O)N(C)CCN1CCCC1. The molecule has 1 aliphatic heterocycles. The lowest BCUT2D eigenvalue weighted by Gasteiger charge is -2.34. The van der Waals surface area contributed by atoms with Crippen LogP contribution in [-0.2, 0) is 4.79 Å². The maximum absolute atomic E-state index is 12.5. The van der Waals surface area contributed by atoms with Crippen molar-refractivity contribution in [1.29, 1.82) is 0 Å². The van der Waals surface area contributed by atoms with E-state index in [4.69, 9.17) is 5.73 Å². The molecule has 0 aromatic heterocycles. The highest BCUT2D eigenvalue weighted by Gasteiger charge is 2.32. The average molecular weight is 267 g/mol. The lowest BCUT2D eigenvalue weighted by atomic mass is 9.77. The van der Waals surface area contributed by atoms with Crippen LogP contribution < -0.4 is 5.73 Å². The molecule has 2 rings (SSSR count). The number of hydrogen-bond acceptors (Lipinski definition) is 3. The van der Waals surface area contributed by atoms with Gasteiger partial charge in [-0.1, -0.05) is 6.92 Å². The Morgan fingerprint density at radius 2 is 2.00 bits per heavy atom. The van der Waals surface area contributed by atoms with E-state index in [0.29, 0.717) is 11.8 Å². The van der Waals surface area contributed by atoms with E-state index in [2.05, 4.69) is 11.8 Å². The van der Waals surface area contributed by atoms with Crippen LogP contribution in [0, 0.1) is 11.8 Å². The monoisotopic (exact) mass is 267 g/mol. The molecule has 4 nitrogen and oxygen atoms in total. The third-order valence-electron chi connectivity index (χ3n) is 4.88. The van der Waals surface area contributed by atoms with Gasteiger partial charge in [-0.2, -0.15) is 0 Å². The number of hydrogen-bond donors (Lipinski definition) is 1. The first-order valence-corrected chi connectivity index (χ1v) is 7.81. The van der Waals surface area contributed by atoms with Crippen molar-refractivity contribution in [2.24, 2.45) is 17.6 Å². The van der Waals surface area contributed by atoms with Gasteiger partial charge in [-0.25, -0.2) is 0 Å². The molecule has 4 heteroatoms. The lowest BCUT2D eigenvalue weighted by molar-refractivity contribution is -0.137. The van der Waals surface area contributed by atoms with Gasteiger partial charge >= 0.3 is 0 Å². The highest BCUT2D eigenvalue weighted by Crippen LogP contribution is 2.30. The van der Waals surface area contributed by atoms with Crippen molar-refractivity contribution in [3.63, 3.8) is 0 Å². The van der Waals surface area contributed by atoms with Crippen LogP contribution in [0.3, 0.4) is 0 Å². The third-order valence-corrected chi connectivity index (χ3v) is 4.88. The number of nitrogens with two attached hydrogens (primary N) is 1. The minimum absolute atomic E-state index is 0.146. The van der Waals surface area contributed by atoms with Gasteiger partial charge in [0, 0.05) is 32.1 Å². The first kappa shape index (κ1) is 14.8. The molecule has 0 bridgehead atoms. The number of likely N-dealkylation sites (tertiary alicyclic amines) is 1. The van der Waals surface area contributed by atoms with Gasteiger partial charge in [0.2, 0.25) is 5.91 Å². The summed E-state index contributed by atoms with van der Waals surface area (Å²) in [5, 5.41) is 0. The standard InChI is InChI=1S/C15H29N3O/c1-12-5-6-13(16)11-14(12)15(19)17(2)9-10-18-7-3-4-8-18/h12-14H,3-11,16H2,1-2H3. The smallest absolute Gasteiger partial charge is 0.225 e. The van der Waals surface area contributed by atoms with Gasteiger partial charge in [-0.15, -0.1) is 0 Å². The molecule has 1 heterocycles. The highest BCUT2D eigenvalue weighted by molar-refractivity contribution is 5.79. The summed E-state index contributed by atoms with van der Waals surface area (Å²) in [7, 11) is 1.95. The zero-order chi connectivity index (χ0) is 13.8. The van der Waals surface area contributed by atoms with E-state index in [-0.39, 0.29) is 12.0 Å². The summed E-state index contributed by atoms with van der Waals surface area (Å²) in [6.45, 7) is 6.48. The second kappa shape index (κ2) is 6.71. The second-order valence-corrected chi connectivity index (χ2v) is 6.47. The largest absolute Gasteiger partial charge is 0.344 e. The second-order valence-electron chi connectivity index (χ2n) is 6.47. The van der Waals surface area contributed by atoms with Crippen molar-refractivity contribution in [3.05, 3.63) is 0 Å². The molecule has 3 unspecified atom stereocenters. The van der Waals surface area contributed by atoms with Crippen molar-refractivity contribution in [1.82, 2.24) is 9.80 Å². The fourth-order valence-corrected chi connectivity index (χ4v) is 3.39. The van der Waals surface area contributed by atoms with E-state index < -0.39 is 0 Å². The summed E-state index contributed by atoms with van der Waals surface area (Å²) < 4.78 is 0. The van der Waals surface area contributed by atoms with Crippen LogP contribution in [0.25, 0.3) is 0 Å². The van der Waals surface area contributed by atoms with Crippen molar-refractivity contribution in [3.8, 4) is 0 Å². The van der Waals surface area contributed by atoms with Gasteiger partial charge in [0.1, 0.15) is 0 Å². The van der Waals surface area contributed by atoms with Crippen molar-refractivity contribution in [2.45, 2.75) is 45.1 Å². The fraction of sp³-hybridized carbons (Fsp3) is 0.933. The summed E-state index contributed by atoms with van der Waals surface area (Å²) in [4.78, 5) is 16.9. The number of nitrogens with zero attached hydrogens (tertiary/aromatic N) is 2. The van der Waals surface area contributed by atoms with E-state index in [1.807, 2.05) is 11.9 Å². The molecule has 0 spiro atoms. The molecule has 1 aliphatic carbocycles. The molecule has 2 N–H and O–H groups in total.